The minimum absolute atomic E-state index is 0.210. The average Bonchev–Trinajstić information content (AvgIpc) is 3.29. The van der Waals surface area contributed by atoms with E-state index < -0.39 is 0 Å². The predicted octanol–water partition coefficient (Wildman–Crippen LogP) is 6.78. The summed E-state index contributed by atoms with van der Waals surface area (Å²) in [6, 6.07) is 15.4. The number of fused-ring (bicyclic) bond motifs is 1. The lowest BCUT2D eigenvalue weighted by Gasteiger charge is -2.14. The Morgan fingerprint density at radius 3 is 2.29 bits per heavy atom. The van der Waals surface area contributed by atoms with E-state index in [1.807, 2.05) is 69.3 Å². The number of benzene rings is 3. The van der Waals surface area contributed by atoms with Crippen LogP contribution >= 0.6 is 0 Å². The molecule has 0 bridgehead atoms. The molecule has 1 heterocycles. The van der Waals surface area contributed by atoms with E-state index in [-0.39, 0.29) is 5.91 Å². The van der Waals surface area contributed by atoms with Crippen molar-refractivity contribution in [2.24, 2.45) is 0 Å². The minimum Gasteiger partial charge on any atom is -0.496 e. The maximum absolute atomic E-state index is 12.7. The molecule has 35 heavy (non-hydrogen) atoms. The van der Waals surface area contributed by atoms with Crippen molar-refractivity contribution in [3.63, 3.8) is 0 Å². The molecule has 6 heteroatoms. The Hall–Kier alpha value is -4.19. The van der Waals surface area contributed by atoms with E-state index in [0.29, 0.717) is 17.2 Å². The zero-order valence-corrected chi connectivity index (χ0v) is 20.8. The van der Waals surface area contributed by atoms with Crippen LogP contribution in [0.25, 0.3) is 27.7 Å². The molecule has 0 saturated heterocycles. The Labute approximate surface area is 205 Å². The summed E-state index contributed by atoms with van der Waals surface area (Å²) in [4.78, 5) is 12.7. The van der Waals surface area contributed by atoms with Crippen LogP contribution in [0.3, 0.4) is 0 Å². The quantitative estimate of drug-likeness (QED) is 0.301. The van der Waals surface area contributed by atoms with E-state index in [1.165, 1.54) is 0 Å². The van der Waals surface area contributed by atoms with E-state index >= 15 is 0 Å². The van der Waals surface area contributed by atoms with Crippen molar-refractivity contribution >= 4 is 28.1 Å². The monoisotopic (exact) mass is 471 g/mol. The summed E-state index contributed by atoms with van der Waals surface area (Å²) >= 11 is 0. The average molecular weight is 472 g/mol. The van der Waals surface area contributed by atoms with Crippen molar-refractivity contribution in [2.45, 2.75) is 20.8 Å². The molecule has 0 aliphatic heterocycles. The van der Waals surface area contributed by atoms with Gasteiger partial charge in [0.2, 0.25) is 5.91 Å². The zero-order chi connectivity index (χ0) is 25.1. The Bertz CT molecular complexity index is 1410. The first-order valence-corrected chi connectivity index (χ1v) is 11.2. The number of hydrogen-bond donors (Lipinski definition) is 1. The topological polar surface area (TPSA) is 69.9 Å². The molecule has 180 valence electrons. The van der Waals surface area contributed by atoms with Crippen molar-refractivity contribution in [2.75, 3.05) is 26.6 Å². The molecule has 1 aromatic heterocycles. The van der Waals surface area contributed by atoms with Gasteiger partial charge >= 0.3 is 0 Å². The van der Waals surface area contributed by atoms with Gasteiger partial charge in [-0.3, -0.25) is 4.79 Å². The Morgan fingerprint density at radius 2 is 1.63 bits per heavy atom. The highest BCUT2D eigenvalue weighted by atomic mass is 16.5. The number of nitrogens with one attached hydrogen (secondary N) is 1. The van der Waals surface area contributed by atoms with Gasteiger partial charge in [0, 0.05) is 33.8 Å². The van der Waals surface area contributed by atoms with Crippen LogP contribution in [0, 0.1) is 13.8 Å². The highest BCUT2D eigenvalue weighted by molar-refractivity contribution is 6.06. The minimum atomic E-state index is -0.210. The summed E-state index contributed by atoms with van der Waals surface area (Å²) in [5.74, 6) is 1.75. The summed E-state index contributed by atoms with van der Waals surface area (Å²) < 4.78 is 22.5. The van der Waals surface area contributed by atoms with Crippen molar-refractivity contribution < 1.29 is 23.4 Å². The SMILES string of the molecule is COc1ccc(-c2coc3c(C)c(OC)c(/C(C)=C/C(=O)Nc4ccc(C)cc4)cc23)cc1OC. The molecule has 0 fully saturated rings. The second kappa shape index (κ2) is 9.97. The van der Waals surface area contributed by atoms with Gasteiger partial charge in [0.25, 0.3) is 0 Å². The van der Waals surface area contributed by atoms with Crippen LogP contribution in [-0.2, 0) is 4.79 Å². The van der Waals surface area contributed by atoms with Crippen LogP contribution in [0.15, 0.2) is 65.3 Å². The molecular formula is C29H29NO5. The lowest BCUT2D eigenvalue weighted by molar-refractivity contribution is -0.111. The fraction of sp³-hybridized carbons (Fsp3) is 0.207. The number of ether oxygens (including phenoxy) is 3. The summed E-state index contributed by atoms with van der Waals surface area (Å²) in [6.07, 6.45) is 3.31. The fourth-order valence-corrected chi connectivity index (χ4v) is 4.19. The molecule has 1 N–H and O–H groups in total. The van der Waals surface area contributed by atoms with Crippen LogP contribution in [0.5, 0.6) is 17.2 Å². The van der Waals surface area contributed by atoms with E-state index in [1.54, 1.807) is 33.7 Å². The zero-order valence-electron chi connectivity index (χ0n) is 20.8. The second-order valence-electron chi connectivity index (χ2n) is 8.36. The number of allylic oxidation sites excluding steroid dienone is 1. The van der Waals surface area contributed by atoms with Crippen molar-refractivity contribution in [3.05, 3.63) is 77.6 Å². The van der Waals surface area contributed by atoms with Crippen LogP contribution in [-0.4, -0.2) is 27.2 Å². The normalized spacial score (nSPS) is 11.4. The number of methoxy groups -OCH3 is 3. The summed E-state index contributed by atoms with van der Waals surface area (Å²) in [6.45, 7) is 5.85. The Balaban J connectivity index is 1.77. The van der Waals surface area contributed by atoms with Gasteiger partial charge in [0.05, 0.1) is 27.6 Å². The first-order valence-electron chi connectivity index (χ1n) is 11.2. The van der Waals surface area contributed by atoms with Crippen molar-refractivity contribution in [3.8, 4) is 28.4 Å². The van der Waals surface area contributed by atoms with Gasteiger partial charge in [-0.25, -0.2) is 0 Å². The summed E-state index contributed by atoms with van der Waals surface area (Å²) in [5.41, 5.74) is 6.89. The Morgan fingerprint density at radius 1 is 0.914 bits per heavy atom. The van der Waals surface area contributed by atoms with E-state index in [4.69, 9.17) is 18.6 Å². The third kappa shape index (κ3) is 4.73. The smallest absolute Gasteiger partial charge is 0.248 e. The Kier molecular flexibility index (Phi) is 6.82. The molecule has 1 amide bonds. The molecular weight excluding hydrogens is 442 g/mol. The molecule has 0 radical (unpaired) electrons. The maximum Gasteiger partial charge on any atom is 0.248 e. The molecule has 4 rings (SSSR count). The van der Waals surface area contributed by atoms with Gasteiger partial charge in [-0.15, -0.1) is 0 Å². The molecule has 4 aromatic rings. The summed E-state index contributed by atoms with van der Waals surface area (Å²) in [7, 11) is 4.84. The van der Waals surface area contributed by atoms with Crippen molar-refractivity contribution in [1.82, 2.24) is 0 Å². The molecule has 0 aliphatic rings. The first-order chi connectivity index (χ1) is 16.9. The largest absolute Gasteiger partial charge is 0.496 e. The lowest BCUT2D eigenvalue weighted by atomic mass is 9.96. The maximum atomic E-state index is 12.7. The number of anilines is 1. The molecule has 0 saturated carbocycles. The molecule has 0 atom stereocenters. The fourth-order valence-electron chi connectivity index (χ4n) is 4.19. The second-order valence-corrected chi connectivity index (χ2v) is 8.36. The number of carbonyl (C=O) groups is 1. The number of carbonyl (C=O) groups excluding carboxylic acids is 1. The van der Waals surface area contributed by atoms with E-state index in [0.717, 1.165) is 50.0 Å². The first kappa shape index (κ1) is 24.0. The molecule has 0 spiro atoms. The van der Waals surface area contributed by atoms with Crippen LogP contribution < -0.4 is 19.5 Å². The van der Waals surface area contributed by atoms with Gasteiger partial charge in [-0.05, 0) is 62.2 Å². The third-order valence-electron chi connectivity index (χ3n) is 6.03. The third-order valence-corrected chi connectivity index (χ3v) is 6.03. The standard InChI is InChI=1S/C29H29NO5/c1-17-7-10-21(11-8-17)30-27(31)13-18(2)22-15-23-24(16-35-29(23)19(3)28(22)34-6)20-9-12-25(32-4)26(14-20)33-5/h7-16H,1-6H3,(H,30,31)/b18-13+. The van der Waals surface area contributed by atoms with Gasteiger partial charge in [-0.2, -0.15) is 0 Å². The molecule has 0 unspecified atom stereocenters. The van der Waals surface area contributed by atoms with E-state index in [2.05, 4.69) is 5.32 Å². The summed E-state index contributed by atoms with van der Waals surface area (Å²) in [5, 5.41) is 3.83. The van der Waals surface area contributed by atoms with Crippen LogP contribution in [0.1, 0.15) is 23.6 Å². The number of hydrogen-bond acceptors (Lipinski definition) is 5. The number of furan rings is 1. The van der Waals surface area contributed by atoms with E-state index in [9.17, 15) is 4.79 Å². The van der Waals surface area contributed by atoms with Gasteiger partial charge < -0.3 is 23.9 Å². The number of amides is 1. The highest BCUT2D eigenvalue weighted by Crippen LogP contribution is 2.42. The molecule has 0 aliphatic carbocycles. The number of rotatable bonds is 7. The van der Waals surface area contributed by atoms with Gasteiger partial charge in [0.1, 0.15) is 11.3 Å². The van der Waals surface area contributed by atoms with Crippen LogP contribution in [0.4, 0.5) is 5.69 Å². The number of aryl methyl sites for hydroxylation is 2. The molecule has 6 nitrogen and oxygen atoms in total. The predicted molar refractivity (Wildman–Crippen MR) is 140 cm³/mol. The van der Waals surface area contributed by atoms with Gasteiger partial charge in [0.15, 0.2) is 11.5 Å². The molecule has 3 aromatic carbocycles. The van der Waals surface area contributed by atoms with Crippen LogP contribution in [0.2, 0.25) is 0 Å². The van der Waals surface area contributed by atoms with Crippen molar-refractivity contribution in [1.29, 1.82) is 0 Å². The highest BCUT2D eigenvalue weighted by Gasteiger charge is 2.19. The van der Waals surface area contributed by atoms with Gasteiger partial charge in [-0.1, -0.05) is 23.8 Å². The lowest BCUT2D eigenvalue weighted by Crippen LogP contribution is -2.08.